The van der Waals surface area contributed by atoms with Crippen molar-refractivity contribution in [1.82, 2.24) is 5.06 Å². The van der Waals surface area contributed by atoms with Crippen molar-refractivity contribution < 1.29 is 48.2 Å². The molecule has 0 aromatic rings. The Morgan fingerprint density at radius 2 is 1.62 bits per heavy atom. The van der Waals surface area contributed by atoms with E-state index in [1.807, 2.05) is 0 Å². The Bertz CT molecular complexity index is 1220. The first-order valence-corrected chi connectivity index (χ1v) is 14.0. The van der Waals surface area contributed by atoms with Gasteiger partial charge in [0.05, 0.1) is 12.8 Å². The second kappa shape index (κ2) is 10.0. The molecule has 4 fully saturated rings. The van der Waals surface area contributed by atoms with Gasteiger partial charge in [-0.05, 0) is 55.4 Å². The van der Waals surface area contributed by atoms with Crippen molar-refractivity contribution in [2.24, 2.45) is 28.6 Å². The molecule has 0 aromatic carbocycles. The first-order chi connectivity index (χ1) is 18.8. The molecule has 1 N–H and O–H groups in total. The maximum atomic E-state index is 13.7. The van der Waals surface area contributed by atoms with E-state index in [-0.39, 0.29) is 60.4 Å². The molecular formula is C29H35NO10. The summed E-state index contributed by atoms with van der Waals surface area (Å²) in [4.78, 5) is 91.0. The number of imide groups is 1. The normalized spacial score (nSPS) is 36.9. The van der Waals surface area contributed by atoms with Gasteiger partial charge in [0.2, 0.25) is 5.78 Å². The van der Waals surface area contributed by atoms with Gasteiger partial charge < -0.3 is 14.7 Å². The molecule has 5 rings (SSSR count). The third-order valence-electron chi connectivity index (χ3n) is 10.4. The summed E-state index contributed by atoms with van der Waals surface area (Å²) >= 11 is 0. The van der Waals surface area contributed by atoms with Crippen LogP contribution >= 0.6 is 0 Å². The largest absolute Gasteiger partial charge is 0.458 e. The second-order valence-electron chi connectivity index (χ2n) is 12.4. The van der Waals surface area contributed by atoms with E-state index >= 15 is 0 Å². The molecule has 4 aliphatic carbocycles. The van der Waals surface area contributed by atoms with Crippen molar-refractivity contribution in [2.75, 3.05) is 6.61 Å². The number of Topliss-reactive ketones (excluding diaryl/α,β-unsaturated/α-hetero) is 2. The summed E-state index contributed by atoms with van der Waals surface area (Å²) in [6.07, 6.45) is 3.94. The number of ether oxygens (including phenoxy) is 1. The number of amides is 2. The summed E-state index contributed by atoms with van der Waals surface area (Å²) in [7, 11) is 0. The Morgan fingerprint density at radius 1 is 0.950 bits per heavy atom. The first kappa shape index (κ1) is 28.3. The fraction of sp³-hybridized carbons (Fsp3) is 0.690. The number of carbonyl (C=O) groups excluding carboxylic acids is 7. The molecule has 216 valence electrons. The van der Waals surface area contributed by atoms with Gasteiger partial charge in [0.25, 0.3) is 11.8 Å². The average molecular weight is 558 g/mol. The highest BCUT2D eigenvalue weighted by molar-refractivity contribution is 6.01. The van der Waals surface area contributed by atoms with Gasteiger partial charge in [0, 0.05) is 37.0 Å². The summed E-state index contributed by atoms with van der Waals surface area (Å²) in [6, 6.07) is 0. The van der Waals surface area contributed by atoms with E-state index in [2.05, 4.69) is 6.92 Å². The zero-order valence-electron chi connectivity index (χ0n) is 22.9. The maximum Gasteiger partial charge on any atom is 0.333 e. The Labute approximate surface area is 231 Å². The van der Waals surface area contributed by atoms with Crippen LogP contribution in [0.1, 0.15) is 84.5 Å². The van der Waals surface area contributed by atoms with Crippen molar-refractivity contribution in [3.05, 3.63) is 11.6 Å². The third kappa shape index (κ3) is 4.42. The van der Waals surface area contributed by atoms with Crippen molar-refractivity contribution in [2.45, 2.75) is 90.1 Å². The van der Waals surface area contributed by atoms with Crippen LogP contribution in [0.2, 0.25) is 0 Å². The molecule has 6 atom stereocenters. The molecule has 3 unspecified atom stereocenters. The number of esters is 1. The van der Waals surface area contributed by atoms with Gasteiger partial charge in [-0.1, -0.05) is 19.4 Å². The van der Waals surface area contributed by atoms with Crippen LogP contribution < -0.4 is 0 Å². The van der Waals surface area contributed by atoms with Gasteiger partial charge >= 0.3 is 11.9 Å². The van der Waals surface area contributed by atoms with Gasteiger partial charge in [-0.15, -0.1) is 5.06 Å². The Morgan fingerprint density at radius 3 is 2.33 bits per heavy atom. The summed E-state index contributed by atoms with van der Waals surface area (Å²) in [6.45, 7) is 3.16. The van der Waals surface area contributed by atoms with Crippen LogP contribution in [0.25, 0.3) is 0 Å². The topological polar surface area (TPSA) is 161 Å². The monoisotopic (exact) mass is 557 g/mol. The van der Waals surface area contributed by atoms with E-state index in [4.69, 9.17) is 9.57 Å². The number of fused-ring (bicyclic) bond motifs is 5. The third-order valence-corrected chi connectivity index (χ3v) is 10.4. The SMILES string of the molecule is C[C@]12CCC(=O)C=C1CCC1C2C(=O)C[C@@]2(C)C1CC[C@]2(O)C(=O)COC(=O)CCC(=O)ON1C(=O)CCC1=O. The van der Waals surface area contributed by atoms with Crippen molar-refractivity contribution in [1.29, 1.82) is 0 Å². The molecular weight excluding hydrogens is 522 g/mol. The lowest BCUT2D eigenvalue weighted by Crippen LogP contribution is -2.61. The fourth-order valence-corrected chi connectivity index (χ4v) is 8.19. The van der Waals surface area contributed by atoms with Crippen LogP contribution in [0, 0.1) is 28.6 Å². The Hall–Kier alpha value is -3.21. The number of ketones is 3. The van der Waals surface area contributed by atoms with E-state index in [1.54, 1.807) is 13.0 Å². The first-order valence-electron chi connectivity index (χ1n) is 14.0. The molecule has 2 amide bonds. The molecule has 1 saturated heterocycles. The minimum Gasteiger partial charge on any atom is -0.458 e. The van der Waals surface area contributed by atoms with Gasteiger partial charge in [-0.2, -0.15) is 0 Å². The number of aliphatic hydroxyl groups is 1. The van der Waals surface area contributed by atoms with Crippen molar-refractivity contribution in [3.63, 3.8) is 0 Å². The number of nitrogens with zero attached hydrogens (tertiary/aromatic N) is 1. The standard InChI is InChI=1S/C29H35NO10/c1-27-11-9-17(31)13-16(27)3-4-18-19-10-12-29(38,28(19,2)14-20(32)26(18)27)21(33)15-39-24(36)7-8-25(37)40-30-22(34)5-6-23(30)35/h13,18-19,26,38H,3-12,14-15H2,1-2H3/t18?,19?,26?,27-,28-,29-/m0/s1. The predicted molar refractivity (Wildman–Crippen MR) is 134 cm³/mol. The summed E-state index contributed by atoms with van der Waals surface area (Å²) in [5.41, 5.74) is -2.18. The van der Waals surface area contributed by atoms with Crippen LogP contribution in [-0.4, -0.2) is 63.5 Å². The molecule has 0 spiro atoms. The molecule has 0 radical (unpaired) electrons. The maximum absolute atomic E-state index is 13.7. The smallest absolute Gasteiger partial charge is 0.333 e. The van der Waals surface area contributed by atoms with E-state index in [0.717, 1.165) is 18.4 Å². The molecule has 40 heavy (non-hydrogen) atoms. The molecule has 11 nitrogen and oxygen atoms in total. The van der Waals surface area contributed by atoms with E-state index in [1.165, 1.54) is 0 Å². The van der Waals surface area contributed by atoms with Crippen molar-refractivity contribution in [3.8, 4) is 0 Å². The molecule has 11 heteroatoms. The van der Waals surface area contributed by atoms with E-state index < -0.39 is 60.0 Å². The number of hydrogen-bond acceptors (Lipinski definition) is 10. The molecule has 0 aromatic heterocycles. The predicted octanol–water partition coefficient (Wildman–Crippen LogP) is 1.93. The highest BCUT2D eigenvalue weighted by Gasteiger charge is 2.68. The molecule has 3 saturated carbocycles. The van der Waals surface area contributed by atoms with E-state index in [0.29, 0.717) is 24.3 Å². The van der Waals surface area contributed by atoms with Gasteiger partial charge in [-0.3, -0.25) is 28.8 Å². The lowest BCUT2D eigenvalue weighted by molar-refractivity contribution is -0.197. The summed E-state index contributed by atoms with van der Waals surface area (Å²) in [5.74, 6) is -4.01. The minimum atomic E-state index is -1.84. The highest BCUT2D eigenvalue weighted by atomic mass is 16.7. The summed E-state index contributed by atoms with van der Waals surface area (Å²) < 4.78 is 5.07. The van der Waals surface area contributed by atoms with Crippen molar-refractivity contribution >= 4 is 41.1 Å². The zero-order valence-corrected chi connectivity index (χ0v) is 22.9. The zero-order chi connectivity index (χ0) is 29.0. The molecule has 0 bridgehead atoms. The number of carbonyl (C=O) groups is 7. The van der Waals surface area contributed by atoms with Crippen LogP contribution in [0.4, 0.5) is 0 Å². The lowest BCUT2D eigenvalue weighted by Gasteiger charge is -2.57. The number of allylic oxidation sites excluding steroid dienone is 1. The van der Waals surface area contributed by atoms with Crippen LogP contribution in [-0.2, 0) is 43.1 Å². The van der Waals surface area contributed by atoms with E-state index in [9.17, 15) is 38.7 Å². The van der Waals surface area contributed by atoms with Gasteiger partial charge in [-0.25, -0.2) is 4.79 Å². The van der Waals surface area contributed by atoms with Gasteiger partial charge in [0.1, 0.15) is 11.4 Å². The molecule has 5 aliphatic rings. The van der Waals surface area contributed by atoms with Gasteiger partial charge in [0.15, 0.2) is 12.4 Å². The summed E-state index contributed by atoms with van der Waals surface area (Å²) in [5, 5.41) is 12.1. The van der Waals surface area contributed by atoms with Crippen LogP contribution in [0.5, 0.6) is 0 Å². The second-order valence-corrected chi connectivity index (χ2v) is 12.4. The number of hydroxylamine groups is 2. The van der Waals surface area contributed by atoms with Crippen LogP contribution in [0.3, 0.4) is 0 Å². The van der Waals surface area contributed by atoms with Crippen LogP contribution in [0.15, 0.2) is 11.6 Å². The Balaban J connectivity index is 1.20. The number of hydrogen-bond donors (Lipinski definition) is 1. The minimum absolute atomic E-state index is 0.00444. The highest BCUT2D eigenvalue weighted by Crippen LogP contribution is 2.66. The fourth-order valence-electron chi connectivity index (χ4n) is 8.19. The average Bonchev–Trinajstić information content (AvgIpc) is 3.36. The lowest BCUT2D eigenvalue weighted by atomic mass is 9.46. The molecule has 1 aliphatic heterocycles. The quantitative estimate of drug-likeness (QED) is 0.362. The molecule has 1 heterocycles. The Kier molecular flexibility index (Phi) is 7.09. The number of rotatable bonds is 7.